The van der Waals surface area contributed by atoms with Crippen LogP contribution in [0.25, 0.3) is 11.5 Å². The topological polar surface area (TPSA) is 59.2 Å². The maximum atomic E-state index is 13.6. The van der Waals surface area contributed by atoms with Gasteiger partial charge < -0.3 is 9.63 Å². The van der Waals surface area contributed by atoms with Gasteiger partial charge in [0.15, 0.2) is 5.82 Å². The zero-order valence-corrected chi connectivity index (χ0v) is 11.4. The molecule has 21 heavy (non-hydrogen) atoms. The Kier molecular flexibility index (Phi) is 3.39. The molecular formula is C16H13FN2O2. The zero-order valence-electron chi connectivity index (χ0n) is 11.4. The van der Waals surface area contributed by atoms with Gasteiger partial charge in [-0.1, -0.05) is 23.4 Å². The second-order valence-electron chi connectivity index (χ2n) is 4.78. The first-order chi connectivity index (χ1) is 10.1. The minimum atomic E-state index is -0.287. The van der Waals surface area contributed by atoms with E-state index >= 15 is 0 Å². The Balaban J connectivity index is 1.88. The van der Waals surface area contributed by atoms with Gasteiger partial charge >= 0.3 is 0 Å². The molecule has 4 nitrogen and oxygen atoms in total. The number of aryl methyl sites for hydroxylation is 1. The summed E-state index contributed by atoms with van der Waals surface area (Å²) in [6.07, 6.45) is 0.271. The largest absolute Gasteiger partial charge is 0.508 e. The Morgan fingerprint density at radius 3 is 2.76 bits per heavy atom. The molecule has 0 aliphatic carbocycles. The summed E-state index contributed by atoms with van der Waals surface area (Å²) in [6.45, 7) is 1.84. The van der Waals surface area contributed by atoms with E-state index in [4.69, 9.17) is 4.52 Å². The van der Waals surface area contributed by atoms with E-state index in [1.165, 1.54) is 6.07 Å². The average molecular weight is 284 g/mol. The number of phenols is 1. The zero-order chi connectivity index (χ0) is 14.8. The highest BCUT2D eigenvalue weighted by Crippen LogP contribution is 2.25. The summed E-state index contributed by atoms with van der Waals surface area (Å²) in [5.74, 6) is 0.674. The molecule has 0 saturated carbocycles. The smallest absolute Gasteiger partial charge is 0.258 e. The molecule has 0 saturated heterocycles. The van der Waals surface area contributed by atoms with Crippen molar-refractivity contribution in [1.82, 2.24) is 10.1 Å². The van der Waals surface area contributed by atoms with E-state index < -0.39 is 0 Å². The number of halogens is 1. The lowest BCUT2D eigenvalue weighted by Gasteiger charge is -2.00. The van der Waals surface area contributed by atoms with Crippen molar-refractivity contribution in [2.24, 2.45) is 0 Å². The molecule has 0 radical (unpaired) electrons. The first-order valence-electron chi connectivity index (χ1n) is 6.49. The lowest BCUT2D eigenvalue weighted by Crippen LogP contribution is -1.94. The fraction of sp³-hybridized carbons (Fsp3) is 0.125. The number of nitrogens with zero attached hydrogens (tertiary/aromatic N) is 2. The molecule has 0 atom stereocenters. The molecule has 3 rings (SSSR count). The molecule has 1 N–H and O–H groups in total. The van der Waals surface area contributed by atoms with Crippen molar-refractivity contribution in [1.29, 1.82) is 0 Å². The van der Waals surface area contributed by atoms with E-state index in [1.807, 2.05) is 6.92 Å². The standard InChI is InChI=1S/C16H13FN2O2/c1-10-8-12(20)6-7-13(10)16-18-15(19-21-16)9-11-4-2-3-5-14(11)17/h2-8,20H,9H2,1H3. The quantitative estimate of drug-likeness (QED) is 0.800. The molecule has 0 aliphatic rings. The van der Waals surface area contributed by atoms with Crippen LogP contribution in [0.1, 0.15) is 17.0 Å². The van der Waals surface area contributed by atoms with Gasteiger partial charge in [0.05, 0.1) is 0 Å². The highest BCUT2D eigenvalue weighted by Gasteiger charge is 2.13. The van der Waals surface area contributed by atoms with Gasteiger partial charge in [-0.25, -0.2) is 4.39 Å². The number of aromatic hydroxyl groups is 1. The predicted octanol–water partition coefficient (Wildman–Crippen LogP) is 3.48. The lowest BCUT2D eigenvalue weighted by atomic mass is 10.1. The Morgan fingerprint density at radius 2 is 2.00 bits per heavy atom. The van der Waals surface area contributed by atoms with Crippen molar-refractivity contribution in [3.8, 4) is 17.2 Å². The van der Waals surface area contributed by atoms with E-state index in [0.29, 0.717) is 17.3 Å². The molecule has 106 valence electrons. The van der Waals surface area contributed by atoms with Gasteiger partial charge in [0.25, 0.3) is 5.89 Å². The van der Waals surface area contributed by atoms with Gasteiger partial charge in [-0.3, -0.25) is 0 Å². The third-order valence-electron chi connectivity index (χ3n) is 3.21. The Morgan fingerprint density at radius 1 is 1.19 bits per heavy atom. The molecule has 0 aliphatic heterocycles. The van der Waals surface area contributed by atoms with Crippen LogP contribution in [0.3, 0.4) is 0 Å². The van der Waals surface area contributed by atoms with Crippen molar-refractivity contribution in [3.05, 3.63) is 65.2 Å². The van der Waals surface area contributed by atoms with Gasteiger partial charge in [-0.15, -0.1) is 0 Å². The van der Waals surface area contributed by atoms with Gasteiger partial charge in [-0.05, 0) is 42.3 Å². The van der Waals surface area contributed by atoms with E-state index in [2.05, 4.69) is 10.1 Å². The Labute approximate surface area is 120 Å². The highest BCUT2D eigenvalue weighted by molar-refractivity contribution is 5.59. The fourth-order valence-corrected chi connectivity index (χ4v) is 2.14. The monoisotopic (exact) mass is 284 g/mol. The van der Waals surface area contributed by atoms with Gasteiger partial charge in [0.1, 0.15) is 11.6 Å². The SMILES string of the molecule is Cc1cc(O)ccc1-c1nc(Cc2ccccc2F)no1. The first kappa shape index (κ1) is 13.3. The van der Waals surface area contributed by atoms with Crippen LogP contribution in [0, 0.1) is 12.7 Å². The third-order valence-corrected chi connectivity index (χ3v) is 3.21. The summed E-state index contributed by atoms with van der Waals surface area (Å²) >= 11 is 0. The molecule has 0 bridgehead atoms. The first-order valence-corrected chi connectivity index (χ1v) is 6.49. The minimum Gasteiger partial charge on any atom is -0.508 e. The van der Waals surface area contributed by atoms with Crippen molar-refractivity contribution in [2.75, 3.05) is 0 Å². The number of benzene rings is 2. The predicted molar refractivity (Wildman–Crippen MR) is 75.3 cm³/mol. The maximum absolute atomic E-state index is 13.6. The van der Waals surface area contributed by atoms with Crippen molar-refractivity contribution in [3.63, 3.8) is 0 Å². The fourth-order valence-electron chi connectivity index (χ4n) is 2.14. The lowest BCUT2D eigenvalue weighted by molar-refractivity contribution is 0.423. The van der Waals surface area contributed by atoms with E-state index in [1.54, 1.807) is 36.4 Å². The Bertz CT molecular complexity index is 783. The summed E-state index contributed by atoms with van der Waals surface area (Å²) < 4.78 is 18.8. The number of hydrogen-bond acceptors (Lipinski definition) is 4. The second kappa shape index (κ2) is 5.36. The molecule has 5 heteroatoms. The summed E-state index contributed by atoms with van der Waals surface area (Å²) in [5.41, 5.74) is 2.10. The van der Waals surface area contributed by atoms with E-state index in [9.17, 15) is 9.50 Å². The average Bonchev–Trinajstić information content (AvgIpc) is 2.90. The summed E-state index contributed by atoms with van der Waals surface area (Å²) in [6, 6.07) is 11.4. The molecular weight excluding hydrogens is 271 g/mol. The number of aromatic nitrogens is 2. The van der Waals surface area contributed by atoms with Crippen molar-refractivity contribution >= 4 is 0 Å². The van der Waals surface area contributed by atoms with E-state index in [0.717, 1.165) is 11.1 Å². The minimum absolute atomic E-state index is 0.183. The normalized spacial score (nSPS) is 10.8. The molecule has 0 spiro atoms. The van der Waals surface area contributed by atoms with Gasteiger partial charge in [-0.2, -0.15) is 4.98 Å². The van der Waals surface area contributed by atoms with Gasteiger partial charge in [0, 0.05) is 12.0 Å². The van der Waals surface area contributed by atoms with Crippen molar-refractivity contribution in [2.45, 2.75) is 13.3 Å². The van der Waals surface area contributed by atoms with Crippen LogP contribution in [0.4, 0.5) is 4.39 Å². The van der Waals surface area contributed by atoms with Crippen LogP contribution < -0.4 is 0 Å². The summed E-state index contributed by atoms with van der Waals surface area (Å²) in [4.78, 5) is 4.28. The highest BCUT2D eigenvalue weighted by atomic mass is 19.1. The molecule has 0 amide bonds. The molecule has 1 heterocycles. The van der Waals surface area contributed by atoms with Gasteiger partial charge in [0.2, 0.25) is 0 Å². The van der Waals surface area contributed by atoms with Crippen molar-refractivity contribution < 1.29 is 14.0 Å². The molecule has 1 aromatic heterocycles. The maximum Gasteiger partial charge on any atom is 0.258 e. The third kappa shape index (κ3) is 2.76. The molecule has 0 fully saturated rings. The van der Waals surface area contributed by atoms with Crippen LogP contribution in [0.5, 0.6) is 5.75 Å². The Hall–Kier alpha value is -2.69. The van der Waals surface area contributed by atoms with Crippen LogP contribution >= 0.6 is 0 Å². The van der Waals surface area contributed by atoms with Crippen LogP contribution in [-0.4, -0.2) is 15.2 Å². The number of hydrogen-bond donors (Lipinski definition) is 1. The van der Waals surface area contributed by atoms with E-state index in [-0.39, 0.29) is 18.0 Å². The van der Waals surface area contributed by atoms with Crippen LogP contribution in [0.15, 0.2) is 47.0 Å². The summed E-state index contributed by atoms with van der Waals surface area (Å²) in [5, 5.41) is 13.3. The number of phenolic OH excluding ortho intramolecular Hbond substituents is 1. The second-order valence-corrected chi connectivity index (χ2v) is 4.78. The number of rotatable bonds is 3. The molecule has 2 aromatic carbocycles. The summed E-state index contributed by atoms with van der Waals surface area (Å²) in [7, 11) is 0. The molecule has 3 aromatic rings. The van der Waals surface area contributed by atoms with Crippen LogP contribution in [0.2, 0.25) is 0 Å². The van der Waals surface area contributed by atoms with Crippen LogP contribution in [-0.2, 0) is 6.42 Å². The molecule has 0 unspecified atom stereocenters.